The van der Waals surface area contributed by atoms with E-state index in [1.165, 1.54) is 7.11 Å². The molecule has 0 bridgehead atoms. The average molecular weight is 302 g/mol. The molecule has 22 heavy (non-hydrogen) atoms. The van der Waals surface area contributed by atoms with Crippen molar-refractivity contribution < 1.29 is 18.3 Å². The highest BCUT2D eigenvalue weighted by Crippen LogP contribution is 2.35. The maximum Gasteiger partial charge on any atom is 0.172 e. The van der Waals surface area contributed by atoms with E-state index in [1.807, 2.05) is 6.92 Å². The van der Waals surface area contributed by atoms with Crippen molar-refractivity contribution in [2.45, 2.75) is 13.3 Å². The van der Waals surface area contributed by atoms with Crippen molar-refractivity contribution in [3.8, 4) is 11.5 Å². The first kappa shape index (κ1) is 14.6. The van der Waals surface area contributed by atoms with E-state index in [9.17, 15) is 8.78 Å². The molecule has 4 heteroatoms. The monoisotopic (exact) mass is 302 g/mol. The number of halogens is 2. The molecule has 3 rings (SSSR count). The van der Waals surface area contributed by atoms with Crippen LogP contribution < -0.4 is 9.47 Å². The quantitative estimate of drug-likeness (QED) is 0.626. The van der Waals surface area contributed by atoms with Crippen LogP contribution in [0.2, 0.25) is 0 Å². The topological polar surface area (TPSA) is 18.5 Å². The highest BCUT2D eigenvalue weighted by molar-refractivity contribution is 6.08. The van der Waals surface area contributed by atoms with Crippen LogP contribution in [0.15, 0.2) is 36.4 Å². The van der Waals surface area contributed by atoms with Crippen molar-refractivity contribution in [3.05, 3.63) is 48.0 Å². The van der Waals surface area contributed by atoms with E-state index in [0.717, 1.165) is 6.42 Å². The molecule has 3 aromatic carbocycles. The third kappa shape index (κ3) is 2.25. The van der Waals surface area contributed by atoms with E-state index in [1.54, 1.807) is 36.4 Å². The summed E-state index contributed by atoms with van der Waals surface area (Å²) < 4.78 is 39.2. The van der Waals surface area contributed by atoms with Crippen molar-refractivity contribution in [2.75, 3.05) is 13.7 Å². The number of methoxy groups -OCH3 is 1. The van der Waals surface area contributed by atoms with Gasteiger partial charge in [0.05, 0.1) is 13.7 Å². The van der Waals surface area contributed by atoms with Gasteiger partial charge in [-0.05, 0) is 41.5 Å². The van der Waals surface area contributed by atoms with Gasteiger partial charge in [-0.25, -0.2) is 8.78 Å². The van der Waals surface area contributed by atoms with E-state index >= 15 is 0 Å². The Kier molecular flexibility index (Phi) is 3.84. The number of hydrogen-bond acceptors (Lipinski definition) is 2. The van der Waals surface area contributed by atoms with Crippen molar-refractivity contribution in [2.24, 2.45) is 0 Å². The molecule has 114 valence electrons. The van der Waals surface area contributed by atoms with Crippen LogP contribution in [0.4, 0.5) is 8.78 Å². The van der Waals surface area contributed by atoms with Crippen molar-refractivity contribution >= 4 is 21.5 Å². The second kappa shape index (κ2) is 5.79. The van der Waals surface area contributed by atoms with Crippen LogP contribution in [0.5, 0.6) is 11.5 Å². The summed E-state index contributed by atoms with van der Waals surface area (Å²) in [6, 6.07) is 9.80. The normalized spacial score (nSPS) is 11.1. The SMILES string of the molecule is CCCOc1ccc2c(ccc3c(F)c(OC)ccc32)c1F. The molecule has 0 aliphatic rings. The number of benzene rings is 3. The van der Waals surface area contributed by atoms with Gasteiger partial charge < -0.3 is 9.47 Å². The molecule has 0 fully saturated rings. The lowest BCUT2D eigenvalue weighted by Crippen LogP contribution is -1.98. The van der Waals surface area contributed by atoms with Gasteiger partial charge in [0.1, 0.15) is 0 Å². The Labute approximate surface area is 127 Å². The van der Waals surface area contributed by atoms with Gasteiger partial charge in [0.15, 0.2) is 23.1 Å². The number of rotatable bonds is 4. The second-order valence-electron chi connectivity index (χ2n) is 5.06. The highest BCUT2D eigenvalue weighted by atomic mass is 19.1. The predicted octanol–water partition coefficient (Wildman–Crippen LogP) is 5.07. The molecule has 0 unspecified atom stereocenters. The molecule has 0 aliphatic heterocycles. The largest absolute Gasteiger partial charge is 0.494 e. The van der Waals surface area contributed by atoms with Gasteiger partial charge in [-0.3, -0.25) is 0 Å². The molecule has 2 nitrogen and oxygen atoms in total. The zero-order valence-electron chi connectivity index (χ0n) is 12.5. The maximum atomic E-state index is 14.5. The first-order chi connectivity index (χ1) is 10.7. The summed E-state index contributed by atoms with van der Waals surface area (Å²) in [5.41, 5.74) is 0. The Bertz CT molecular complexity index is 843. The molecule has 3 aromatic rings. The van der Waals surface area contributed by atoms with E-state index in [0.29, 0.717) is 28.2 Å². The fraction of sp³-hybridized carbons (Fsp3) is 0.222. The summed E-state index contributed by atoms with van der Waals surface area (Å²) in [6.07, 6.45) is 0.806. The van der Waals surface area contributed by atoms with Crippen LogP contribution in [-0.4, -0.2) is 13.7 Å². The van der Waals surface area contributed by atoms with Crippen molar-refractivity contribution in [1.29, 1.82) is 0 Å². The average Bonchev–Trinajstić information content (AvgIpc) is 2.54. The molecule has 0 saturated heterocycles. The van der Waals surface area contributed by atoms with Gasteiger partial charge in [-0.1, -0.05) is 19.1 Å². The summed E-state index contributed by atoms with van der Waals surface area (Å²) in [4.78, 5) is 0. The van der Waals surface area contributed by atoms with Gasteiger partial charge >= 0.3 is 0 Å². The van der Waals surface area contributed by atoms with E-state index < -0.39 is 11.6 Å². The first-order valence-corrected chi connectivity index (χ1v) is 7.17. The Morgan fingerprint density at radius 3 is 1.82 bits per heavy atom. The van der Waals surface area contributed by atoms with Crippen LogP contribution in [0, 0.1) is 11.6 Å². The lowest BCUT2D eigenvalue weighted by Gasteiger charge is -2.11. The minimum Gasteiger partial charge on any atom is -0.494 e. The Balaban J connectivity index is 2.25. The van der Waals surface area contributed by atoms with Gasteiger partial charge in [-0.15, -0.1) is 0 Å². The predicted molar refractivity (Wildman–Crippen MR) is 83.7 cm³/mol. The van der Waals surface area contributed by atoms with Gasteiger partial charge in [-0.2, -0.15) is 0 Å². The molecule has 0 saturated carbocycles. The minimum atomic E-state index is -0.436. The standard InChI is InChI=1S/C18H16F2O2/c1-3-10-22-16-9-7-12-11-6-8-15(21-2)17(19)13(11)4-5-14(12)18(16)20/h4-9H,3,10H2,1-2H3. The summed E-state index contributed by atoms with van der Waals surface area (Å²) >= 11 is 0. The Morgan fingerprint density at radius 2 is 1.27 bits per heavy atom. The molecule has 0 spiro atoms. The summed E-state index contributed by atoms with van der Waals surface area (Å²) in [5.74, 6) is -0.449. The third-order valence-corrected chi connectivity index (χ3v) is 3.68. The lowest BCUT2D eigenvalue weighted by molar-refractivity contribution is 0.302. The molecule has 0 heterocycles. The molecule has 0 amide bonds. The van der Waals surface area contributed by atoms with Crippen LogP contribution in [0.1, 0.15) is 13.3 Å². The molecule has 0 aliphatic carbocycles. The maximum absolute atomic E-state index is 14.5. The van der Waals surface area contributed by atoms with Gasteiger partial charge in [0.2, 0.25) is 0 Å². The number of fused-ring (bicyclic) bond motifs is 3. The molecule has 0 atom stereocenters. The molecule has 0 aromatic heterocycles. The number of hydrogen-bond donors (Lipinski definition) is 0. The summed E-state index contributed by atoms with van der Waals surface area (Å²) in [6.45, 7) is 2.42. The van der Waals surface area contributed by atoms with E-state index in [2.05, 4.69) is 0 Å². The van der Waals surface area contributed by atoms with Crippen LogP contribution in [-0.2, 0) is 0 Å². The Morgan fingerprint density at radius 1 is 0.773 bits per heavy atom. The minimum absolute atomic E-state index is 0.176. The highest BCUT2D eigenvalue weighted by Gasteiger charge is 2.14. The van der Waals surface area contributed by atoms with Gasteiger partial charge in [0, 0.05) is 10.8 Å². The van der Waals surface area contributed by atoms with Crippen molar-refractivity contribution in [3.63, 3.8) is 0 Å². The van der Waals surface area contributed by atoms with Crippen molar-refractivity contribution in [1.82, 2.24) is 0 Å². The zero-order chi connectivity index (χ0) is 15.7. The molecule has 0 N–H and O–H groups in total. The van der Waals surface area contributed by atoms with E-state index in [4.69, 9.17) is 9.47 Å². The molecular formula is C18H16F2O2. The number of ether oxygens (including phenoxy) is 2. The van der Waals surface area contributed by atoms with Crippen LogP contribution in [0.25, 0.3) is 21.5 Å². The fourth-order valence-electron chi connectivity index (χ4n) is 2.59. The van der Waals surface area contributed by atoms with Crippen LogP contribution in [0.3, 0.4) is 0 Å². The third-order valence-electron chi connectivity index (χ3n) is 3.68. The Hall–Kier alpha value is -2.36. The van der Waals surface area contributed by atoms with Gasteiger partial charge in [0.25, 0.3) is 0 Å². The van der Waals surface area contributed by atoms with Crippen LogP contribution >= 0.6 is 0 Å². The molecule has 0 radical (unpaired) electrons. The summed E-state index contributed by atoms with van der Waals surface area (Å²) in [5, 5.41) is 2.14. The lowest BCUT2D eigenvalue weighted by atomic mass is 10.0. The molecular weight excluding hydrogens is 286 g/mol. The van der Waals surface area contributed by atoms with E-state index in [-0.39, 0.29) is 11.5 Å². The first-order valence-electron chi connectivity index (χ1n) is 7.17. The zero-order valence-corrected chi connectivity index (χ0v) is 12.5. The fourth-order valence-corrected chi connectivity index (χ4v) is 2.59. The second-order valence-corrected chi connectivity index (χ2v) is 5.06. The summed E-state index contributed by atoms with van der Waals surface area (Å²) in [7, 11) is 1.42. The smallest absolute Gasteiger partial charge is 0.172 e.